The molecule has 328 valence electrons. The molecule has 0 aliphatic heterocycles. The molecule has 0 aliphatic carbocycles. The third-order valence-corrected chi connectivity index (χ3v) is 14.2. The Morgan fingerprint density at radius 2 is 0.824 bits per heavy atom. The van der Waals surface area contributed by atoms with Gasteiger partial charge in [0.2, 0.25) is 0 Å². The maximum absolute atomic E-state index is 2.54. The molecule has 0 unspecified atom stereocenters. The first kappa shape index (κ1) is 41.5. The molecule has 0 spiro atoms. The number of para-hydroxylation sites is 1. The zero-order valence-electron chi connectivity index (χ0n) is 39.7. The monoisotopic (exact) mass is 874 g/mol. The van der Waals surface area contributed by atoms with Gasteiger partial charge in [0.05, 0.1) is 28.1 Å². The highest BCUT2D eigenvalue weighted by Crippen LogP contribution is 2.51. The lowest BCUT2D eigenvalue weighted by Crippen LogP contribution is -2.13. The Labute approximate surface area is 399 Å². The van der Waals surface area contributed by atoms with Crippen molar-refractivity contribution >= 4 is 71.2 Å². The molecule has 0 fully saturated rings. The Kier molecular flexibility index (Phi) is 9.67. The summed E-state index contributed by atoms with van der Waals surface area (Å²) in [5, 5.41) is 10.1. The predicted octanol–water partition coefficient (Wildman–Crippen LogP) is 18.7. The number of hydrogen-bond donors (Lipinski definition) is 0. The van der Waals surface area contributed by atoms with Crippen LogP contribution in [0.5, 0.6) is 0 Å². The van der Waals surface area contributed by atoms with Crippen LogP contribution in [-0.4, -0.2) is 4.57 Å². The van der Waals surface area contributed by atoms with Crippen LogP contribution in [0.25, 0.3) is 93.2 Å². The SMILES string of the molecule is CC(C)(C)c1ccc2c(c1)c1cc(C(C)(C)C)ccc1n2-c1ccc2ccc3c(N(c4cccc(-c5ccccc5)c4)c4c(-c5ccccc5)cccc4-c4ccccc4)ccc4ccc1c2c43. The van der Waals surface area contributed by atoms with Crippen LogP contribution in [0.3, 0.4) is 0 Å². The zero-order valence-corrected chi connectivity index (χ0v) is 39.7. The maximum atomic E-state index is 2.54. The van der Waals surface area contributed by atoms with E-state index in [-0.39, 0.29) is 10.8 Å². The fourth-order valence-electron chi connectivity index (χ4n) is 10.7. The largest absolute Gasteiger partial charge is 0.309 e. The van der Waals surface area contributed by atoms with Crippen molar-refractivity contribution in [3.05, 3.63) is 230 Å². The molecule has 0 N–H and O–H groups in total. The molecule has 11 aromatic carbocycles. The Balaban J connectivity index is 1.16. The molecular weight excluding hydrogens is 821 g/mol. The zero-order chi connectivity index (χ0) is 46.3. The Bertz CT molecular complexity index is 3720. The van der Waals surface area contributed by atoms with E-state index in [1.165, 1.54) is 104 Å². The normalized spacial score (nSPS) is 12.3. The van der Waals surface area contributed by atoms with Gasteiger partial charge in [-0.25, -0.2) is 0 Å². The smallest absolute Gasteiger partial charge is 0.0618 e. The third kappa shape index (κ3) is 6.86. The van der Waals surface area contributed by atoms with Crippen molar-refractivity contribution in [2.45, 2.75) is 52.4 Å². The van der Waals surface area contributed by atoms with Gasteiger partial charge in [0, 0.05) is 38.4 Å². The molecule has 0 saturated heterocycles. The van der Waals surface area contributed by atoms with Gasteiger partial charge in [-0.2, -0.15) is 0 Å². The first-order valence-electron chi connectivity index (χ1n) is 24.0. The lowest BCUT2D eigenvalue weighted by atomic mass is 9.85. The highest BCUT2D eigenvalue weighted by atomic mass is 15.1. The first-order chi connectivity index (χ1) is 33.0. The molecular formula is C66H54N2. The Morgan fingerprint density at radius 3 is 1.38 bits per heavy atom. The highest BCUT2D eigenvalue weighted by molar-refractivity contribution is 6.28. The van der Waals surface area contributed by atoms with E-state index in [9.17, 15) is 0 Å². The second-order valence-corrected chi connectivity index (χ2v) is 20.6. The van der Waals surface area contributed by atoms with Crippen molar-refractivity contribution < 1.29 is 0 Å². The summed E-state index contributed by atoms with van der Waals surface area (Å²) in [5.41, 5.74) is 16.8. The van der Waals surface area contributed by atoms with Gasteiger partial charge in [0.25, 0.3) is 0 Å². The summed E-state index contributed by atoms with van der Waals surface area (Å²) in [6.45, 7) is 13.9. The minimum absolute atomic E-state index is 0.0230. The van der Waals surface area contributed by atoms with E-state index in [0.29, 0.717) is 0 Å². The second kappa shape index (κ2) is 15.9. The van der Waals surface area contributed by atoms with Gasteiger partial charge in [-0.1, -0.05) is 211 Å². The van der Waals surface area contributed by atoms with Gasteiger partial charge >= 0.3 is 0 Å². The molecule has 0 saturated carbocycles. The topological polar surface area (TPSA) is 8.17 Å². The Morgan fingerprint density at radius 1 is 0.353 bits per heavy atom. The van der Waals surface area contributed by atoms with Crippen molar-refractivity contribution in [1.29, 1.82) is 0 Å². The van der Waals surface area contributed by atoms with Crippen LogP contribution in [0, 0.1) is 0 Å². The van der Waals surface area contributed by atoms with Crippen LogP contribution in [0.1, 0.15) is 52.7 Å². The summed E-state index contributed by atoms with van der Waals surface area (Å²) in [6, 6.07) is 81.4. The van der Waals surface area contributed by atoms with Crippen LogP contribution in [0.2, 0.25) is 0 Å². The van der Waals surface area contributed by atoms with Gasteiger partial charge < -0.3 is 9.47 Å². The van der Waals surface area contributed by atoms with E-state index < -0.39 is 0 Å². The first-order valence-corrected chi connectivity index (χ1v) is 24.0. The molecule has 0 bridgehead atoms. The van der Waals surface area contributed by atoms with Crippen LogP contribution >= 0.6 is 0 Å². The molecule has 0 radical (unpaired) electrons. The standard InChI is InChI=1S/C66H54N2/c1-65(2,3)49-32-38-60-56(41-49)57-42-50(66(4,5)6)33-39-61(57)68(60)59-37-31-47-28-34-54-58(36-30-46-29-35-55(59)63(47)62(46)54)67(51-25-16-24-48(40-51)43-18-10-7-11-19-43)64-52(44-20-12-8-13-21-44)26-17-27-53(64)45-22-14-9-15-23-45/h7-42H,1-6H3. The second-order valence-electron chi connectivity index (χ2n) is 20.6. The van der Waals surface area contributed by atoms with E-state index in [4.69, 9.17) is 0 Å². The summed E-state index contributed by atoms with van der Waals surface area (Å²) in [4.78, 5) is 2.54. The van der Waals surface area contributed by atoms with Crippen molar-refractivity contribution in [3.63, 3.8) is 0 Å². The van der Waals surface area contributed by atoms with Crippen LogP contribution in [-0.2, 0) is 10.8 Å². The lowest BCUT2D eigenvalue weighted by Gasteiger charge is -2.32. The van der Waals surface area contributed by atoms with Gasteiger partial charge in [-0.3, -0.25) is 0 Å². The molecule has 1 aromatic heterocycles. The number of aromatic nitrogens is 1. The minimum atomic E-state index is 0.0230. The average Bonchev–Trinajstić information content (AvgIpc) is 3.69. The minimum Gasteiger partial charge on any atom is -0.309 e. The van der Waals surface area contributed by atoms with Crippen LogP contribution in [0.15, 0.2) is 218 Å². The molecule has 2 heteroatoms. The lowest BCUT2D eigenvalue weighted by molar-refractivity contribution is 0.590. The maximum Gasteiger partial charge on any atom is 0.0618 e. The fraction of sp³-hybridized carbons (Fsp3) is 0.121. The number of fused-ring (bicyclic) bond motifs is 3. The third-order valence-electron chi connectivity index (χ3n) is 14.2. The van der Waals surface area contributed by atoms with Gasteiger partial charge in [-0.15, -0.1) is 0 Å². The van der Waals surface area contributed by atoms with Crippen molar-refractivity contribution in [1.82, 2.24) is 4.57 Å². The molecule has 2 nitrogen and oxygen atoms in total. The molecule has 0 aliphatic rings. The number of anilines is 3. The van der Waals surface area contributed by atoms with Gasteiger partial charge in [-0.05, 0) is 114 Å². The molecule has 12 rings (SSSR count). The molecule has 1 heterocycles. The predicted molar refractivity (Wildman–Crippen MR) is 293 cm³/mol. The summed E-state index contributed by atoms with van der Waals surface area (Å²) >= 11 is 0. The van der Waals surface area contributed by atoms with Crippen LogP contribution in [0.4, 0.5) is 17.1 Å². The van der Waals surface area contributed by atoms with Gasteiger partial charge in [0.15, 0.2) is 0 Å². The average molecular weight is 875 g/mol. The van der Waals surface area contributed by atoms with E-state index in [2.05, 4.69) is 269 Å². The molecule has 12 aromatic rings. The summed E-state index contributed by atoms with van der Waals surface area (Å²) in [5.74, 6) is 0. The summed E-state index contributed by atoms with van der Waals surface area (Å²) in [7, 11) is 0. The Hall–Kier alpha value is -7.94. The number of rotatable bonds is 7. The van der Waals surface area contributed by atoms with Crippen molar-refractivity contribution in [2.75, 3.05) is 4.90 Å². The highest BCUT2D eigenvalue weighted by Gasteiger charge is 2.27. The van der Waals surface area contributed by atoms with E-state index in [0.717, 1.165) is 17.1 Å². The number of nitrogens with zero attached hydrogens (tertiary/aromatic N) is 2. The fourth-order valence-corrected chi connectivity index (χ4v) is 10.7. The van der Waals surface area contributed by atoms with Crippen molar-refractivity contribution in [2.24, 2.45) is 0 Å². The van der Waals surface area contributed by atoms with E-state index >= 15 is 0 Å². The van der Waals surface area contributed by atoms with E-state index in [1.807, 2.05) is 0 Å². The number of benzene rings is 11. The van der Waals surface area contributed by atoms with Crippen LogP contribution < -0.4 is 4.90 Å². The summed E-state index contributed by atoms with van der Waals surface area (Å²) in [6.07, 6.45) is 0. The quantitative estimate of drug-likeness (QED) is 0.145. The van der Waals surface area contributed by atoms with Gasteiger partial charge in [0.1, 0.15) is 0 Å². The molecule has 0 atom stereocenters. The summed E-state index contributed by atoms with van der Waals surface area (Å²) < 4.78 is 2.53. The molecule has 0 amide bonds. The van der Waals surface area contributed by atoms with Crippen molar-refractivity contribution in [3.8, 4) is 39.1 Å². The number of hydrogen-bond acceptors (Lipinski definition) is 1. The van der Waals surface area contributed by atoms with E-state index in [1.54, 1.807) is 0 Å². The molecule has 68 heavy (non-hydrogen) atoms.